The molecule has 0 aliphatic carbocycles. The average molecular weight is 224 g/mol. The molecule has 5 heteroatoms. The Hall–Kier alpha value is -0.260. The minimum Gasteiger partial charge on any atom is -0.375 e. The van der Waals surface area contributed by atoms with E-state index >= 15 is 0 Å². The summed E-state index contributed by atoms with van der Waals surface area (Å²) in [5.41, 5.74) is 0. The highest BCUT2D eigenvalue weighted by molar-refractivity contribution is 4.50. The molecule has 0 saturated carbocycles. The predicted molar refractivity (Wildman–Crippen MR) is 57.5 cm³/mol. The Morgan fingerprint density at radius 2 is 1.87 bits per heavy atom. The number of rotatable bonds is 10. The van der Waals surface area contributed by atoms with Crippen molar-refractivity contribution in [1.82, 2.24) is 10.2 Å². The summed E-state index contributed by atoms with van der Waals surface area (Å²) < 4.78 is 28.0. The van der Waals surface area contributed by atoms with Gasteiger partial charge in [0.1, 0.15) is 6.61 Å². The SMILES string of the molecule is CN(C)CCCNCCCOCC(F)F. The molecule has 0 aromatic heterocycles. The molecule has 0 radical (unpaired) electrons. The van der Waals surface area contributed by atoms with Gasteiger partial charge in [0.15, 0.2) is 0 Å². The lowest BCUT2D eigenvalue weighted by Crippen LogP contribution is -2.22. The molecule has 3 nitrogen and oxygen atoms in total. The van der Waals surface area contributed by atoms with E-state index in [0.29, 0.717) is 6.61 Å². The van der Waals surface area contributed by atoms with Gasteiger partial charge in [0.05, 0.1) is 0 Å². The van der Waals surface area contributed by atoms with Crippen molar-refractivity contribution in [3.63, 3.8) is 0 Å². The number of halogens is 2. The lowest BCUT2D eigenvalue weighted by Gasteiger charge is -2.09. The summed E-state index contributed by atoms with van der Waals surface area (Å²) in [5, 5.41) is 3.23. The molecule has 0 aromatic carbocycles. The fourth-order valence-corrected chi connectivity index (χ4v) is 1.12. The van der Waals surface area contributed by atoms with Crippen molar-refractivity contribution in [2.75, 3.05) is 46.9 Å². The summed E-state index contributed by atoms with van der Waals surface area (Å²) in [6, 6.07) is 0. The third-order valence-electron chi connectivity index (χ3n) is 1.84. The molecule has 92 valence electrons. The van der Waals surface area contributed by atoms with E-state index in [-0.39, 0.29) is 0 Å². The van der Waals surface area contributed by atoms with Gasteiger partial charge in [-0.2, -0.15) is 0 Å². The predicted octanol–water partition coefficient (Wildman–Crippen LogP) is 1.20. The maximum absolute atomic E-state index is 11.6. The lowest BCUT2D eigenvalue weighted by atomic mass is 10.4. The van der Waals surface area contributed by atoms with Crippen molar-refractivity contribution in [3.05, 3.63) is 0 Å². The number of nitrogens with one attached hydrogen (secondary N) is 1. The van der Waals surface area contributed by atoms with Gasteiger partial charge in [-0.3, -0.25) is 0 Å². The van der Waals surface area contributed by atoms with E-state index in [9.17, 15) is 8.78 Å². The number of hydrogen-bond donors (Lipinski definition) is 1. The zero-order valence-corrected chi connectivity index (χ0v) is 9.64. The molecular weight excluding hydrogens is 202 g/mol. The molecule has 0 heterocycles. The summed E-state index contributed by atoms with van der Waals surface area (Å²) >= 11 is 0. The second-order valence-electron chi connectivity index (χ2n) is 3.73. The maximum atomic E-state index is 11.6. The molecule has 0 saturated heterocycles. The zero-order chi connectivity index (χ0) is 11.5. The van der Waals surface area contributed by atoms with Gasteiger partial charge in [-0.25, -0.2) is 8.78 Å². The third-order valence-corrected chi connectivity index (χ3v) is 1.84. The minimum atomic E-state index is -2.35. The molecule has 0 atom stereocenters. The summed E-state index contributed by atoms with van der Waals surface area (Å²) in [6.07, 6.45) is -0.461. The number of ether oxygens (including phenoxy) is 1. The normalized spacial score (nSPS) is 11.6. The maximum Gasteiger partial charge on any atom is 0.261 e. The largest absolute Gasteiger partial charge is 0.375 e. The molecule has 0 rings (SSSR count). The molecule has 1 N–H and O–H groups in total. The standard InChI is InChI=1S/C10H22F2N2O/c1-14(2)7-3-5-13-6-4-8-15-9-10(11)12/h10,13H,3-9H2,1-2H3. The van der Waals surface area contributed by atoms with Gasteiger partial charge < -0.3 is 15.0 Å². The van der Waals surface area contributed by atoms with E-state index in [4.69, 9.17) is 4.74 Å². The fourth-order valence-electron chi connectivity index (χ4n) is 1.12. The van der Waals surface area contributed by atoms with Gasteiger partial charge in [-0.1, -0.05) is 0 Å². The van der Waals surface area contributed by atoms with Crippen molar-refractivity contribution in [2.45, 2.75) is 19.3 Å². The van der Waals surface area contributed by atoms with Crippen LogP contribution in [0.4, 0.5) is 8.78 Å². The van der Waals surface area contributed by atoms with E-state index < -0.39 is 13.0 Å². The Morgan fingerprint density at radius 3 is 2.47 bits per heavy atom. The van der Waals surface area contributed by atoms with Crippen molar-refractivity contribution >= 4 is 0 Å². The van der Waals surface area contributed by atoms with Gasteiger partial charge >= 0.3 is 0 Å². The van der Waals surface area contributed by atoms with Crippen LogP contribution in [-0.4, -0.2) is 58.3 Å². The van der Waals surface area contributed by atoms with E-state index in [2.05, 4.69) is 10.2 Å². The molecule has 0 bridgehead atoms. The smallest absolute Gasteiger partial charge is 0.261 e. The summed E-state index contributed by atoms with van der Waals surface area (Å²) in [4.78, 5) is 2.13. The third kappa shape index (κ3) is 13.7. The highest BCUT2D eigenvalue weighted by Crippen LogP contribution is 1.92. The average Bonchev–Trinajstić information content (AvgIpc) is 2.14. The molecule has 0 amide bonds. The Labute approximate surface area is 90.8 Å². The molecule has 0 aliphatic rings. The first-order chi connectivity index (χ1) is 7.13. The topological polar surface area (TPSA) is 24.5 Å². The molecule has 0 aliphatic heterocycles. The minimum absolute atomic E-state index is 0.408. The van der Waals surface area contributed by atoms with Gasteiger partial charge in [0.2, 0.25) is 0 Å². The lowest BCUT2D eigenvalue weighted by molar-refractivity contribution is 0.0168. The Bertz CT molecular complexity index is 121. The number of nitrogens with zero attached hydrogens (tertiary/aromatic N) is 1. The monoisotopic (exact) mass is 224 g/mol. The van der Waals surface area contributed by atoms with Crippen LogP contribution in [-0.2, 0) is 4.74 Å². The van der Waals surface area contributed by atoms with E-state index in [1.165, 1.54) is 0 Å². The Morgan fingerprint density at radius 1 is 1.20 bits per heavy atom. The van der Waals surface area contributed by atoms with Crippen LogP contribution in [0.3, 0.4) is 0 Å². The zero-order valence-electron chi connectivity index (χ0n) is 9.64. The molecule has 0 fully saturated rings. The van der Waals surface area contributed by atoms with Crippen molar-refractivity contribution < 1.29 is 13.5 Å². The van der Waals surface area contributed by atoms with E-state index in [1.54, 1.807) is 0 Å². The molecule has 0 spiro atoms. The van der Waals surface area contributed by atoms with Crippen LogP contribution in [0.25, 0.3) is 0 Å². The van der Waals surface area contributed by atoms with Gasteiger partial charge in [0.25, 0.3) is 6.43 Å². The number of hydrogen-bond acceptors (Lipinski definition) is 3. The molecule has 0 aromatic rings. The van der Waals surface area contributed by atoms with Crippen molar-refractivity contribution in [1.29, 1.82) is 0 Å². The van der Waals surface area contributed by atoms with Crippen molar-refractivity contribution in [2.24, 2.45) is 0 Å². The second kappa shape index (κ2) is 10.3. The molecule has 0 unspecified atom stereocenters. The second-order valence-corrected chi connectivity index (χ2v) is 3.73. The number of alkyl halides is 2. The van der Waals surface area contributed by atoms with E-state index in [1.807, 2.05) is 14.1 Å². The van der Waals surface area contributed by atoms with Crippen LogP contribution < -0.4 is 5.32 Å². The first-order valence-electron chi connectivity index (χ1n) is 5.34. The highest BCUT2D eigenvalue weighted by Gasteiger charge is 2.00. The summed E-state index contributed by atoms with van der Waals surface area (Å²) in [5.74, 6) is 0. The van der Waals surface area contributed by atoms with Gasteiger partial charge in [0, 0.05) is 6.61 Å². The van der Waals surface area contributed by atoms with Crippen LogP contribution in [0.2, 0.25) is 0 Å². The van der Waals surface area contributed by atoms with Crippen LogP contribution in [0.5, 0.6) is 0 Å². The van der Waals surface area contributed by atoms with Gasteiger partial charge in [-0.15, -0.1) is 0 Å². The summed E-state index contributed by atoms with van der Waals surface area (Å²) in [6.45, 7) is 2.82. The summed E-state index contributed by atoms with van der Waals surface area (Å²) in [7, 11) is 4.08. The quantitative estimate of drug-likeness (QED) is 0.564. The first-order valence-corrected chi connectivity index (χ1v) is 5.34. The van der Waals surface area contributed by atoms with Crippen LogP contribution >= 0.6 is 0 Å². The molecular formula is C10H22F2N2O. The fraction of sp³-hybridized carbons (Fsp3) is 1.00. The van der Waals surface area contributed by atoms with Crippen LogP contribution in [0, 0.1) is 0 Å². The highest BCUT2D eigenvalue weighted by atomic mass is 19.3. The molecule has 15 heavy (non-hydrogen) atoms. The van der Waals surface area contributed by atoms with E-state index in [0.717, 1.165) is 32.5 Å². The van der Waals surface area contributed by atoms with Crippen LogP contribution in [0.1, 0.15) is 12.8 Å². The van der Waals surface area contributed by atoms with Gasteiger partial charge in [-0.05, 0) is 46.6 Å². The van der Waals surface area contributed by atoms with Crippen LogP contribution in [0.15, 0.2) is 0 Å². The Kier molecular flexibility index (Phi) is 10.1. The Balaban J connectivity index is 2.93. The first kappa shape index (κ1) is 14.7. The van der Waals surface area contributed by atoms with Crippen molar-refractivity contribution in [3.8, 4) is 0 Å².